The highest BCUT2D eigenvalue weighted by molar-refractivity contribution is 5.83. The van der Waals surface area contributed by atoms with E-state index < -0.39 is 11.7 Å². The molecule has 27 heavy (non-hydrogen) atoms. The molecule has 0 radical (unpaired) electrons. The van der Waals surface area contributed by atoms with Gasteiger partial charge < -0.3 is 19.7 Å². The van der Waals surface area contributed by atoms with E-state index in [-0.39, 0.29) is 12.1 Å². The number of fused-ring (bicyclic) bond motifs is 2. The number of hydrogen-bond donors (Lipinski definition) is 1. The van der Waals surface area contributed by atoms with Crippen molar-refractivity contribution in [3.63, 3.8) is 0 Å². The molecule has 3 heterocycles. The zero-order valence-electron chi connectivity index (χ0n) is 16.3. The fraction of sp³-hybridized carbons (Fsp3) is 0.650. The number of amides is 2. The van der Waals surface area contributed by atoms with Crippen LogP contribution in [0.3, 0.4) is 0 Å². The minimum Gasteiger partial charge on any atom is -0.501 e. The zero-order valence-corrected chi connectivity index (χ0v) is 16.3. The van der Waals surface area contributed by atoms with Crippen LogP contribution in [0.1, 0.15) is 26.2 Å². The van der Waals surface area contributed by atoms with Crippen LogP contribution < -0.4 is 5.32 Å². The molecule has 0 aromatic heterocycles. The second-order valence-corrected chi connectivity index (χ2v) is 7.57. The normalized spacial score (nSPS) is 30.0. The van der Waals surface area contributed by atoms with Gasteiger partial charge in [0.15, 0.2) is 0 Å². The maximum atomic E-state index is 15.5. The van der Waals surface area contributed by atoms with Gasteiger partial charge in [-0.15, -0.1) is 0 Å². The predicted molar refractivity (Wildman–Crippen MR) is 99.8 cm³/mol. The number of nitrogens with one attached hydrogen (secondary N) is 1. The van der Waals surface area contributed by atoms with E-state index in [1.54, 1.807) is 25.2 Å². The summed E-state index contributed by atoms with van der Waals surface area (Å²) in [5.41, 5.74) is 1.83. The van der Waals surface area contributed by atoms with Crippen LogP contribution in [0.2, 0.25) is 0 Å². The number of piperidine rings is 1. The Morgan fingerprint density at radius 3 is 2.70 bits per heavy atom. The lowest BCUT2D eigenvalue weighted by molar-refractivity contribution is 0.101. The number of likely N-dealkylation sites (N-methyl/N-ethyl adjacent to an activating group) is 1. The molecule has 7 heteroatoms. The monoisotopic (exact) mass is 377 g/mol. The van der Waals surface area contributed by atoms with Crippen LogP contribution in [0.5, 0.6) is 0 Å². The Balaban J connectivity index is 1.80. The third-order valence-electron chi connectivity index (χ3n) is 6.41. The molecular weight excluding hydrogens is 349 g/mol. The Kier molecular flexibility index (Phi) is 4.76. The van der Waals surface area contributed by atoms with E-state index in [1.165, 1.54) is 0 Å². The topological polar surface area (TPSA) is 54.0 Å². The molecule has 2 fully saturated rings. The Labute approximate surface area is 159 Å². The molecule has 6 nitrogen and oxygen atoms in total. The summed E-state index contributed by atoms with van der Waals surface area (Å²) in [6.07, 6.45) is 4.03. The molecule has 1 unspecified atom stereocenters. The number of halogens is 1. The van der Waals surface area contributed by atoms with E-state index in [4.69, 9.17) is 9.47 Å². The third kappa shape index (κ3) is 2.70. The van der Waals surface area contributed by atoms with Crippen LogP contribution in [0, 0.1) is 0 Å². The Bertz CT molecular complexity index is 724. The van der Waals surface area contributed by atoms with Gasteiger partial charge in [0, 0.05) is 31.3 Å². The van der Waals surface area contributed by atoms with Gasteiger partial charge in [-0.3, -0.25) is 4.90 Å². The van der Waals surface area contributed by atoms with E-state index in [2.05, 4.69) is 5.32 Å². The van der Waals surface area contributed by atoms with Crippen LogP contribution in [0.4, 0.5) is 9.18 Å². The quantitative estimate of drug-likeness (QED) is 0.820. The highest BCUT2D eigenvalue weighted by atomic mass is 19.1. The molecule has 0 aromatic rings. The van der Waals surface area contributed by atoms with Crippen molar-refractivity contribution < 1.29 is 18.7 Å². The number of hydrogen-bond acceptors (Lipinski definition) is 4. The molecule has 4 rings (SSSR count). The lowest BCUT2D eigenvalue weighted by Crippen LogP contribution is -2.52. The number of nitrogens with zero attached hydrogens (tertiary/aromatic N) is 2. The van der Waals surface area contributed by atoms with E-state index in [0.29, 0.717) is 25.1 Å². The second kappa shape index (κ2) is 6.95. The second-order valence-electron chi connectivity index (χ2n) is 7.57. The van der Waals surface area contributed by atoms with Crippen molar-refractivity contribution in [3.05, 3.63) is 34.8 Å². The lowest BCUT2D eigenvalue weighted by Gasteiger charge is -2.41. The van der Waals surface area contributed by atoms with Gasteiger partial charge >= 0.3 is 6.03 Å². The molecule has 0 bridgehead atoms. The summed E-state index contributed by atoms with van der Waals surface area (Å²) >= 11 is 0. The Morgan fingerprint density at radius 1 is 1.33 bits per heavy atom. The first-order valence-electron chi connectivity index (χ1n) is 9.72. The number of carbonyl (C=O) groups excluding carboxylic acids is 1. The first-order valence-corrected chi connectivity index (χ1v) is 9.72. The highest BCUT2D eigenvalue weighted by Crippen LogP contribution is 2.46. The average molecular weight is 377 g/mol. The maximum Gasteiger partial charge on any atom is 0.325 e. The van der Waals surface area contributed by atoms with Crippen LogP contribution in [0.25, 0.3) is 0 Å². The van der Waals surface area contributed by atoms with E-state index in [9.17, 15) is 4.79 Å². The SMILES string of the molecule is CCN1C(=O)N2CC3=C(C(OC)CC(OC)=C3)[C@@H](F)C=C2C12CCNCC2. The number of rotatable bonds is 3. The summed E-state index contributed by atoms with van der Waals surface area (Å²) in [6, 6.07) is -0.0292. The zero-order chi connectivity index (χ0) is 19.2. The number of allylic oxidation sites excluding steroid dienone is 1. The minimum atomic E-state index is -1.27. The van der Waals surface area contributed by atoms with Crippen molar-refractivity contribution in [3.8, 4) is 0 Å². The molecular formula is C20H28FN3O3. The first kappa shape index (κ1) is 18.5. The molecule has 2 atom stereocenters. The standard InChI is InChI=1S/C20H28FN3O3/c1-4-24-19(25)23-12-13-9-14(26-2)10-16(27-3)18(13)15(21)11-17(23)20(24)5-7-22-8-6-20/h9,11,15-16,22H,4-8,10,12H2,1-3H3/t15-,16?/m0/s1. The first-order chi connectivity index (χ1) is 13.1. The number of methoxy groups -OCH3 is 2. The third-order valence-corrected chi connectivity index (χ3v) is 6.41. The summed E-state index contributed by atoms with van der Waals surface area (Å²) in [5, 5.41) is 3.36. The number of urea groups is 1. The average Bonchev–Trinajstić information content (AvgIpc) is 2.81. The van der Waals surface area contributed by atoms with Crippen LogP contribution in [-0.2, 0) is 9.47 Å². The molecule has 3 aliphatic heterocycles. The summed E-state index contributed by atoms with van der Waals surface area (Å²) in [6.45, 7) is 4.63. The molecule has 0 aromatic carbocycles. The summed E-state index contributed by atoms with van der Waals surface area (Å²) in [7, 11) is 3.21. The Hall–Kier alpha value is -1.86. The summed E-state index contributed by atoms with van der Waals surface area (Å²) < 4.78 is 26.5. The van der Waals surface area contributed by atoms with Crippen molar-refractivity contribution in [2.24, 2.45) is 0 Å². The van der Waals surface area contributed by atoms with Crippen molar-refractivity contribution in [1.29, 1.82) is 0 Å². The van der Waals surface area contributed by atoms with Crippen LogP contribution in [0.15, 0.2) is 34.8 Å². The van der Waals surface area contributed by atoms with Gasteiger partial charge in [-0.1, -0.05) is 0 Å². The smallest absolute Gasteiger partial charge is 0.325 e. The Morgan fingerprint density at radius 2 is 2.07 bits per heavy atom. The molecule has 4 aliphatic rings. The van der Waals surface area contributed by atoms with Gasteiger partial charge in [-0.2, -0.15) is 0 Å². The van der Waals surface area contributed by atoms with Crippen molar-refractivity contribution in [2.75, 3.05) is 40.4 Å². The molecule has 2 saturated heterocycles. The van der Waals surface area contributed by atoms with E-state index in [1.807, 2.05) is 17.9 Å². The lowest BCUT2D eigenvalue weighted by atomic mass is 9.83. The summed E-state index contributed by atoms with van der Waals surface area (Å²) in [5.74, 6) is 0.756. The van der Waals surface area contributed by atoms with Gasteiger partial charge in [-0.25, -0.2) is 9.18 Å². The van der Waals surface area contributed by atoms with E-state index >= 15 is 4.39 Å². The molecule has 1 N–H and O–H groups in total. The van der Waals surface area contributed by atoms with Crippen LogP contribution >= 0.6 is 0 Å². The fourth-order valence-corrected chi connectivity index (χ4v) is 5.10. The number of ether oxygens (including phenoxy) is 2. The molecule has 1 spiro atoms. The fourth-order valence-electron chi connectivity index (χ4n) is 5.10. The molecule has 148 valence electrons. The molecule has 1 aliphatic carbocycles. The van der Waals surface area contributed by atoms with Gasteiger partial charge in [0.1, 0.15) is 6.17 Å². The van der Waals surface area contributed by atoms with Gasteiger partial charge in [0.25, 0.3) is 0 Å². The van der Waals surface area contributed by atoms with E-state index in [0.717, 1.165) is 43.0 Å². The largest absolute Gasteiger partial charge is 0.501 e. The number of carbonyl (C=O) groups is 1. The molecule has 0 saturated carbocycles. The van der Waals surface area contributed by atoms with Crippen molar-refractivity contribution in [1.82, 2.24) is 15.1 Å². The summed E-state index contributed by atoms with van der Waals surface area (Å²) in [4.78, 5) is 16.9. The van der Waals surface area contributed by atoms with Crippen molar-refractivity contribution in [2.45, 2.75) is 44.0 Å². The van der Waals surface area contributed by atoms with Gasteiger partial charge in [-0.05, 0) is 50.6 Å². The van der Waals surface area contributed by atoms with Gasteiger partial charge in [0.05, 0.1) is 31.1 Å². The van der Waals surface area contributed by atoms with Gasteiger partial charge in [0.2, 0.25) is 0 Å². The van der Waals surface area contributed by atoms with Crippen molar-refractivity contribution >= 4 is 6.03 Å². The molecule has 2 amide bonds. The predicted octanol–water partition coefficient (Wildman–Crippen LogP) is 2.35. The minimum absolute atomic E-state index is 0.0292. The maximum absolute atomic E-state index is 15.5. The van der Waals surface area contributed by atoms with Crippen LogP contribution in [-0.4, -0.2) is 74.0 Å². The number of alkyl halides is 1. The highest BCUT2D eigenvalue weighted by Gasteiger charge is 2.54.